The summed E-state index contributed by atoms with van der Waals surface area (Å²) in [7, 11) is 0. The van der Waals surface area contributed by atoms with Gasteiger partial charge in [0.2, 0.25) is 0 Å². The highest BCUT2D eigenvalue weighted by Crippen LogP contribution is 2.26. The number of nitrogens with one attached hydrogen (secondary N) is 3. The molecule has 2 aromatic heterocycles. The van der Waals surface area contributed by atoms with Crippen LogP contribution in [0.2, 0.25) is 0 Å². The van der Waals surface area contributed by atoms with Crippen molar-refractivity contribution in [1.82, 2.24) is 15.0 Å². The molecular weight excluding hydrogens is 464 g/mol. The van der Waals surface area contributed by atoms with Gasteiger partial charge in [-0.3, -0.25) is 4.79 Å². The zero-order chi connectivity index (χ0) is 25.5. The van der Waals surface area contributed by atoms with E-state index in [4.69, 9.17) is 4.74 Å². The van der Waals surface area contributed by atoms with Crippen LogP contribution in [0.25, 0.3) is 0 Å². The second-order valence-electron chi connectivity index (χ2n) is 8.09. The maximum Gasteiger partial charge on any atom is 0.259 e. The molecular formula is C29H24N6O2. The highest BCUT2D eigenvalue weighted by atomic mass is 16.5. The Balaban J connectivity index is 1.25. The van der Waals surface area contributed by atoms with Crippen LogP contribution in [0, 0.1) is 6.92 Å². The van der Waals surface area contributed by atoms with Crippen LogP contribution in [0.5, 0.6) is 11.5 Å². The molecule has 8 heteroatoms. The molecule has 37 heavy (non-hydrogen) atoms. The average molecular weight is 489 g/mol. The van der Waals surface area contributed by atoms with E-state index in [0.717, 1.165) is 5.69 Å². The summed E-state index contributed by atoms with van der Waals surface area (Å²) in [6.07, 6.45) is 1.71. The molecule has 2 heterocycles. The molecule has 1 amide bonds. The third kappa shape index (κ3) is 6.26. The molecule has 0 aliphatic carbocycles. The Morgan fingerprint density at radius 3 is 2.14 bits per heavy atom. The number of aryl methyl sites for hydroxylation is 1. The van der Waals surface area contributed by atoms with Crippen LogP contribution in [-0.4, -0.2) is 20.9 Å². The second-order valence-corrected chi connectivity index (χ2v) is 8.09. The first-order valence-corrected chi connectivity index (χ1v) is 11.7. The molecule has 5 rings (SSSR count). The smallest absolute Gasteiger partial charge is 0.259 e. The van der Waals surface area contributed by atoms with Crippen molar-refractivity contribution in [2.24, 2.45) is 0 Å². The molecule has 0 fully saturated rings. The summed E-state index contributed by atoms with van der Waals surface area (Å²) in [4.78, 5) is 26.1. The fourth-order valence-corrected chi connectivity index (χ4v) is 3.61. The molecule has 0 unspecified atom stereocenters. The molecule has 0 atom stereocenters. The summed E-state index contributed by atoms with van der Waals surface area (Å²) < 4.78 is 5.92. The lowest BCUT2D eigenvalue weighted by atomic mass is 10.1. The van der Waals surface area contributed by atoms with Crippen molar-refractivity contribution in [3.05, 3.63) is 121 Å². The van der Waals surface area contributed by atoms with Crippen molar-refractivity contribution in [2.75, 3.05) is 16.0 Å². The Bertz CT molecular complexity index is 1490. The standard InChI is InChI=1S/C29H24N6O2/c1-20-31-27(19-28(32-20)35-26-13-7-8-18-30-26)33-21-14-16-22(17-15-21)34-29(36)24-11-5-6-12-25(24)37-23-9-3-2-4-10-23/h2-19H,1H3,(H,34,36)(H2,30,31,32,33,35). The van der Waals surface area contributed by atoms with Gasteiger partial charge in [-0.25, -0.2) is 15.0 Å². The number of benzene rings is 3. The molecule has 0 bridgehead atoms. The Morgan fingerprint density at radius 2 is 1.38 bits per heavy atom. The third-order valence-electron chi connectivity index (χ3n) is 5.28. The minimum Gasteiger partial charge on any atom is -0.457 e. The van der Waals surface area contributed by atoms with Gasteiger partial charge in [0.15, 0.2) is 0 Å². The van der Waals surface area contributed by atoms with Gasteiger partial charge in [-0.15, -0.1) is 0 Å². The number of hydrogen-bond donors (Lipinski definition) is 3. The zero-order valence-corrected chi connectivity index (χ0v) is 20.1. The summed E-state index contributed by atoms with van der Waals surface area (Å²) >= 11 is 0. The van der Waals surface area contributed by atoms with Gasteiger partial charge in [0.1, 0.15) is 34.8 Å². The van der Waals surface area contributed by atoms with Gasteiger partial charge < -0.3 is 20.7 Å². The third-order valence-corrected chi connectivity index (χ3v) is 5.28. The number of rotatable bonds is 8. The van der Waals surface area contributed by atoms with Gasteiger partial charge in [-0.05, 0) is 67.6 Å². The Morgan fingerprint density at radius 1 is 0.703 bits per heavy atom. The minimum absolute atomic E-state index is 0.260. The molecule has 0 saturated heterocycles. The van der Waals surface area contributed by atoms with Crippen LogP contribution in [0.1, 0.15) is 16.2 Å². The quantitative estimate of drug-likeness (QED) is 0.223. The van der Waals surface area contributed by atoms with Crippen molar-refractivity contribution in [2.45, 2.75) is 6.92 Å². The number of pyridine rings is 1. The van der Waals surface area contributed by atoms with Gasteiger partial charge in [0.05, 0.1) is 5.56 Å². The summed E-state index contributed by atoms with van der Waals surface area (Å²) in [5, 5.41) is 9.38. The second kappa shape index (κ2) is 11.0. The average Bonchev–Trinajstić information content (AvgIpc) is 2.91. The van der Waals surface area contributed by atoms with Crippen LogP contribution in [0.4, 0.5) is 28.8 Å². The predicted molar refractivity (Wildman–Crippen MR) is 145 cm³/mol. The minimum atomic E-state index is -0.260. The van der Waals surface area contributed by atoms with Crippen molar-refractivity contribution in [3.8, 4) is 11.5 Å². The zero-order valence-electron chi connectivity index (χ0n) is 20.1. The Hall–Kier alpha value is -5.24. The Kier molecular flexibility index (Phi) is 6.99. The van der Waals surface area contributed by atoms with E-state index in [1.54, 1.807) is 30.5 Å². The van der Waals surface area contributed by atoms with E-state index in [1.807, 2.05) is 85.8 Å². The largest absolute Gasteiger partial charge is 0.457 e. The lowest BCUT2D eigenvalue weighted by Gasteiger charge is -2.12. The molecule has 0 aliphatic heterocycles. The van der Waals surface area contributed by atoms with Crippen molar-refractivity contribution < 1.29 is 9.53 Å². The van der Waals surface area contributed by atoms with E-state index in [0.29, 0.717) is 46.0 Å². The van der Waals surface area contributed by atoms with Crippen LogP contribution in [0.15, 0.2) is 109 Å². The number of carbonyl (C=O) groups excluding carboxylic acids is 1. The number of nitrogens with zero attached hydrogens (tertiary/aromatic N) is 3. The maximum absolute atomic E-state index is 13.0. The van der Waals surface area contributed by atoms with E-state index >= 15 is 0 Å². The normalized spacial score (nSPS) is 10.4. The predicted octanol–water partition coefficient (Wildman–Crippen LogP) is 6.71. The fourth-order valence-electron chi connectivity index (χ4n) is 3.61. The molecule has 182 valence electrons. The molecule has 0 radical (unpaired) electrons. The van der Waals surface area contributed by atoms with Crippen LogP contribution in [-0.2, 0) is 0 Å². The first-order valence-electron chi connectivity index (χ1n) is 11.7. The van der Waals surface area contributed by atoms with Gasteiger partial charge in [-0.2, -0.15) is 0 Å². The van der Waals surface area contributed by atoms with Crippen LogP contribution >= 0.6 is 0 Å². The van der Waals surface area contributed by atoms with Gasteiger partial charge in [0.25, 0.3) is 5.91 Å². The molecule has 5 aromatic rings. The Labute approximate surface area is 214 Å². The van der Waals surface area contributed by atoms with Gasteiger partial charge in [-0.1, -0.05) is 36.4 Å². The highest BCUT2D eigenvalue weighted by molar-refractivity contribution is 6.06. The van der Waals surface area contributed by atoms with E-state index in [9.17, 15) is 4.79 Å². The lowest BCUT2D eigenvalue weighted by Crippen LogP contribution is -2.13. The number of hydrogen-bond acceptors (Lipinski definition) is 7. The van der Waals surface area contributed by atoms with E-state index in [1.165, 1.54) is 0 Å². The van der Waals surface area contributed by atoms with Gasteiger partial charge >= 0.3 is 0 Å². The molecule has 0 spiro atoms. The first kappa shape index (κ1) is 23.5. The summed E-state index contributed by atoms with van der Waals surface area (Å²) in [5.41, 5.74) is 1.91. The topological polar surface area (TPSA) is 101 Å². The number of aromatic nitrogens is 3. The van der Waals surface area contributed by atoms with Crippen molar-refractivity contribution in [1.29, 1.82) is 0 Å². The van der Waals surface area contributed by atoms with Crippen LogP contribution < -0.4 is 20.7 Å². The molecule has 3 aromatic carbocycles. The van der Waals surface area contributed by atoms with E-state index in [-0.39, 0.29) is 5.91 Å². The molecule has 0 aliphatic rings. The lowest BCUT2D eigenvalue weighted by molar-refractivity contribution is 0.102. The van der Waals surface area contributed by atoms with Gasteiger partial charge in [0, 0.05) is 23.6 Å². The fraction of sp³-hybridized carbons (Fsp3) is 0.0345. The number of carbonyl (C=O) groups is 1. The SMILES string of the molecule is Cc1nc(Nc2ccc(NC(=O)c3ccccc3Oc3ccccc3)cc2)cc(Nc2ccccn2)n1. The van der Waals surface area contributed by atoms with E-state index < -0.39 is 0 Å². The van der Waals surface area contributed by atoms with E-state index in [2.05, 4.69) is 30.9 Å². The number of anilines is 5. The van der Waals surface area contributed by atoms with Crippen LogP contribution in [0.3, 0.4) is 0 Å². The summed E-state index contributed by atoms with van der Waals surface area (Å²) in [5.74, 6) is 3.47. The summed E-state index contributed by atoms with van der Waals surface area (Å²) in [6, 6.07) is 31.3. The molecule has 8 nitrogen and oxygen atoms in total. The monoisotopic (exact) mass is 488 g/mol. The van der Waals surface area contributed by atoms with Crippen molar-refractivity contribution in [3.63, 3.8) is 0 Å². The number of ether oxygens (including phenoxy) is 1. The van der Waals surface area contributed by atoms with Crippen molar-refractivity contribution >= 4 is 34.7 Å². The first-order chi connectivity index (χ1) is 18.1. The highest BCUT2D eigenvalue weighted by Gasteiger charge is 2.13. The maximum atomic E-state index is 13.0. The summed E-state index contributed by atoms with van der Waals surface area (Å²) in [6.45, 7) is 1.83. The number of amides is 1. The number of para-hydroxylation sites is 2. The molecule has 0 saturated carbocycles. The molecule has 3 N–H and O–H groups in total.